The van der Waals surface area contributed by atoms with E-state index in [1.54, 1.807) is 11.9 Å². The van der Waals surface area contributed by atoms with Crippen LogP contribution in [0.3, 0.4) is 0 Å². The van der Waals surface area contributed by atoms with Crippen molar-refractivity contribution in [3.63, 3.8) is 0 Å². The molecule has 1 atom stereocenters. The Morgan fingerprint density at radius 1 is 1.13 bits per heavy atom. The molecule has 0 bridgehead atoms. The summed E-state index contributed by atoms with van der Waals surface area (Å²) in [6.07, 6.45) is 3.34. The van der Waals surface area contributed by atoms with Crippen molar-refractivity contribution in [1.82, 2.24) is 20.0 Å². The average molecular weight is 425 g/mol. The minimum absolute atomic E-state index is 0.219. The molecule has 2 saturated heterocycles. The average Bonchev–Trinajstić information content (AvgIpc) is 2.67. The third-order valence-electron chi connectivity index (χ3n) is 5.48. The predicted molar refractivity (Wildman–Crippen MR) is 118 cm³/mol. The number of aliphatic imine (C=N–C) groups is 1. The molecule has 2 rings (SSSR count). The molecule has 172 valence electrons. The summed E-state index contributed by atoms with van der Waals surface area (Å²) in [7, 11) is 1.80. The minimum atomic E-state index is -0.452. The van der Waals surface area contributed by atoms with E-state index in [0.29, 0.717) is 25.4 Å². The summed E-state index contributed by atoms with van der Waals surface area (Å²) in [4.78, 5) is 34.2. The number of likely N-dealkylation sites (tertiary alicyclic amines) is 1. The molecule has 0 radical (unpaired) electrons. The van der Waals surface area contributed by atoms with Gasteiger partial charge < -0.3 is 25.6 Å². The predicted octanol–water partition coefficient (Wildman–Crippen LogP) is 1.09. The Labute approximate surface area is 181 Å². The Hall–Kier alpha value is -2.03. The van der Waals surface area contributed by atoms with Gasteiger partial charge in [0, 0.05) is 59.3 Å². The molecule has 0 spiro atoms. The molecule has 9 nitrogen and oxygen atoms in total. The molecule has 0 aliphatic carbocycles. The van der Waals surface area contributed by atoms with Crippen LogP contribution in [-0.4, -0.2) is 97.7 Å². The normalized spacial score (nSPS) is 21.5. The van der Waals surface area contributed by atoms with Crippen LogP contribution in [0.5, 0.6) is 0 Å². The summed E-state index contributed by atoms with van der Waals surface area (Å²) < 4.78 is 5.45. The number of piperidine rings is 1. The quantitative estimate of drug-likeness (QED) is 0.376. The van der Waals surface area contributed by atoms with Gasteiger partial charge in [-0.1, -0.05) is 0 Å². The van der Waals surface area contributed by atoms with Crippen LogP contribution in [0.25, 0.3) is 0 Å². The highest BCUT2D eigenvalue weighted by Gasteiger charge is 2.26. The van der Waals surface area contributed by atoms with Gasteiger partial charge in [-0.05, 0) is 52.5 Å². The Morgan fingerprint density at radius 3 is 2.43 bits per heavy atom. The number of carbonyl (C=O) groups is 2. The van der Waals surface area contributed by atoms with Gasteiger partial charge in [-0.3, -0.25) is 14.7 Å². The fourth-order valence-electron chi connectivity index (χ4n) is 4.02. The monoisotopic (exact) mass is 424 g/mol. The summed E-state index contributed by atoms with van der Waals surface area (Å²) in [5.41, 5.74) is 4.91. The number of ether oxygens (including phenoxy) is 1. The number of hydrogen-bond donors (Lipinski definition) is 2. The Morgan fingerprint density at radius 2 is 1.83 bits per heavy atom. The zero-order valence-electron chi connectivity index (χ0n) is 19.2. The standard InChI is InChI=1S/C21H40N6O3/c1-21(2,3)30-20(29)26-13-11-25(12-14-26)9-6-8-24-19(23-4)27-10-5-7-17(16-27)15-18(22)28/h17H,5-16H2,1-4H3,(H2,22,28)(H,23,24). The van der Waals surface area contributed by atoms with Gasteiger partial charge in [0.15, 0.2) is 5.96 Å². The summed E-state index contributed by atoms with van der Waals surface area (Å²) in [6.45, 7) is 12.4. The maximum atomic E-state index is 12.2. The van der Waals surface area contributed by atoms with Crippen LogP contribution in [0.2, 0.25) is 0 Å². The lowest BCUT2D eigenvalue weighted by Gasteiger charge is -2.36. The van der Waals surface area contributed by atoms with Gasteiger partial charge in [0.2, 0.25) is 5.91 Å². The first kappa shape index (κ1) is 24.2. The number of rotatable bonds is 6. The zero-order chi connectivity index (χ0) is 22.1. The van der Waals surface area contributed by atoms with Gasteiger partial charge >= 0.3 is 6.09 Å². The molecule has 2 aliphatic rings. The van der Waals surface area contributed by atoms with Crippen LogP contribution in [-0.2, 0) is 9.53 Å². The Balaban J connectivity index is 1.65. The molecule has 2 amide bonds. The number of nitrogens with zero attached hydrogens (tertiary/aromatic N) is 4. The third-order valence-corrected chi connectivity index (χ3v) is 5.48. The maximum Gasteiger partial charge on any atom is 0.410 e. The van der Waals surface area contributed by atoms with Crippen LogP contribution in [0.15, 0.2) is 4.99 Å². The van der Waals surface area contributed by atoms with Crippen LogP contribution < -0.4 is 11.1 Å². The summed E-state index contributed by atoms with van der Waals surface area (Å²) in [6, 6.07) is 0. The molecule has 0 aromatic rings. The number of guanidine groups is 1. The zero-order valence-corrected chi connectivity index (χ0v) is 19.2. The van der Waals surface area contributed by atoms with Crippen molar-refractivity contribution in [2.75, 3.05) is 59.4 Å². The molecule has 2 fully saturated rings. The number of nitrogens with one attached hydrogen (secondary N) is 1. The van der Waals surface area contributed by atoms with Gasteiger partial charge in [0.05, 0.1) is 0 Å². The highest BCUT2D eigenvalue weighted by molar-refractivity contribution is 5.80. The van der Waals surface area contributed by atoms with Gasteiger partial charge in [-0.25, -0.2) is 4.79 Å². The number of nitrogens with two attached hydrogens (primary N) is 1. The second-order valence-corrected chi connectivity index (χ2v) is 9.26. The van der Waals surface area contributed by atoms with Gasteiger partial charge in [0.25, 0.3) is 0 Å². The van der Waals surface area contributed by atoms with E-state index < -0.39 is 5.60 Å². The summed E-state index contributed by atoms with van der Waals surface area (Å²) in [5.74, 6) is 0.992. The first-order valence-corrected chi connectivity index (χ1v) is 11.1. The summed E-state index contributed by atoms with van der Waals surface area (Å²) in [5, 5.41) is 3.45. The molecule has 2 heterocycles. The van der Waals surface area contributed by atoms with Crippen LogP contribution in [0.4, 0.5) is 4.79 Å². The Kier molecular flexibility index (Phi) is 9.20. The van der Waals surface area contributed by atoms with E-state index in [-0.39, 0.29) is 12.0 Å². The van der Waals surface area contributed by atoms with Gasteiger partial charge in [-0.15, -0.1) is 0 Å². The second-order valence-electron chi connectivity index (χ2n) is 9.26. The van der Waals surface area contributed by atoms with E-state index in [2.05, 4.69) is 20.1 Å². The van der Waals surface area contributed by atoms with E-state index >= 15 is 0 Å². The molecule has 3 N–H and O–H groups in total. The fraction of sp³-hybridized carbons (Fsp3) is 0.857. The van der Waals surface area contributed by atoms with Crippen LogP contribution in [0, 0.1) is 5.92 Å². The van der Waals surface area contributed by atoms with Gasteiger partial charge in [-0.2, -0.15) is 0 Å². The number of hydrogen-bond acceptors (Lipinski definition) is 5. The van der Waals surface area contributed by atoms with E-state index in [1.165, 1.54) is 0 Å². The number of carbonyl (C=O) groups excluding carboxylic acids is 2. The van der Waals surface area contributed by atoms with Crippen molar-refractivity contribution in [3.8, 4) is 0 Å². The smallest absolute Gasteiger partial charge is 0.410 e. The first-order chi connectivity index (χ1) is 14.2. The van der Waals surface area contributed by atoms with Crippen molar-refractivity contribution in [1.29, 1.82) is 0 Å². The van der Waals surface area contributed by atoms with Crippen molar-refractivity contribution in [2.45, 2.75) is 52.1 Å². The molecule has 1 unspecified atom stereocenters. The molecule has 30 heavy (non-hydrogen) atoms. The van der Waals surface area contributed by atoms with Crippen molar-refractivity contribution < 1.29 is 14.3 Å². The van der Waals surface area contributed by atoms with E-state index in [9.17, 15) is 9.59 Å². The molecule has 2 aliphatic heterocycles. The van der Waals surface area contributed by atoms with Crippen molar-refractivity contribution in [3.05, 3.63) is 0 Å². The number of amides is 2. The van der Waals surface area contributed by atoms with Crippen LogP contribution >= 0.6 is 0 Å². The van der Waals surface area contributed by atoms with E-state index in [1.807, 2.05) is 20.8 Å². The third kappa shape index (κ3) is 8.38. The fourth-order valence-corrected chi connectivity index (χ4v) is 4.02. The first-order valence-electron chi connectivity index (χ1n) is 11.1. The maximum absolute atomic E-state index is 12.2. The molecule has 9 heteroatoms. The molecule has 0 aromatic heterocycles. The molecule has 0 saturated carbocycles. The van der Waals surface area contributed by atoms with E-state index in [0.717, 1.165) is 64.5 Å². The molecule has 0 aromatic carbocycles. The SMILES string of the molecule is CN=C(NCCCN1CCN(C(=O)OC(C)(C)C)CC1)N1CCCC(CC(N)=O)C1. The highest BCUT2D eigenvalue weighted by Crippen LogP contribution is 2.19. The van der Waals surface area contributed by atoms with Crippen LogP contribution in [0.1, 0.15) is 46.5 Å². The van der Waals surface area contributed by atoms with Crippen molar-refractivity contribution >= 4 is 18.0 Å². The number of primary amides is 1. The van der Waals surface area contributed by atoms with Crippen molar-refractivity contribution in [2.24, 2.45) is 16.6 Å². The van der Waals surface area contributed by atoms with Gasteiger partial charge in [0.1, 0.15) is 5.60 Å². The summed E-state index contributed by atoms with van der Waals surface area (Å²) >= 11 is 0. The molecular weight excluding hydrogens is 384 g/mol. The minimum Gasteiger partial charge on any atom is -0.444 e. The Bertz CT molecular complexity index is 596. The lowest BCUT2D eigenvalue weighted by atomic mass is 9.95. The largest absolute Gasteiger partial charge is 0.444 e. The topological polar surface area (TPSA) is 104 Å². The highest BCUT2D eigenvalue weighted by atomic mass is 16.6. The number of piperazine rings is 1. The lowest BCUT2D eigenvalue weighted by Crippen LogP contribution is -2.50. The second kappa shape index (κ2) is 11.4. The molecular formula is C21H40N6O3. The lowest BCUT2D eigenvalue weighted by molar-refractivity contribution is -0.119. The van der Waals surface area contributed by atoms with E-state index in [4.69, 9.17) is 10.5 Å².